The maximum atomic E-state index is 12.8. The zero-order valence-electron chi connectivity index (χ0n) is 12.9. The van der Waals surface area contributed by atoms with E-state index in [9.17, 15) is 4.79 Å². The van der Waals surface area contributed by atoms with E-state index in [1.807, 2.05) is 31.7 Å². The molecule has 21 heavy (non-hydrogen) atoms. The van der Waals surface area contributed by atoms with Crippen LogP contribution in [0.1, 0.15) is 47.3 Å². The van der Waals surface area contributed by atoms with Gasteiger partial charge in [-0.05, 0) is 62.2 Å². The number of pyridine rings is 1. The summed E-state index contributed by atoms with van der Waals surface area (Å²) in [5.41, 5.74) is 2.73. The van der Waals surface area contributed by atoms with E-state index in [0.29, 0.717) is 12.3 Å². The van der Waals surface area contributed by atoms with E-state index in [4.69, 9.17) is 4.74 Å². The summed E-state index contributed by atoms with van der Waals surface area (Å²) in [6.45, 7) is 4.71. The normalized spacial score (nSPS) is 25.0. The molecular weight excluding hydrogens is 282 g/mol. The topological polar surface area (TPSA) is 39.2 Å². The van der Waals surface area contributed by atoms with Crippen LogP contribution < -0.4 is 0 Å². The molecule has 2 aliphatic rings. The Morgan fingerprint density at radius 2 is 2.14 bits per heavy atom. The van der Waals surface area contributed by atoms with E-state index in [1.165, 1.54) is 0 Å². The van der Waals surface area contributed by atoms with Crippen molar-refractivity contribution >= 4 is 17.5 Å². The molecule has 3 nitrogen and oxygen atoms in total. The second-order valence-corrected chi connectivity index (χ2v) is 7.60. The van der Waals surface area contributed by atoms with Gasteiger partial charge in [-0.25, -0.2) is 0 Å². The van der Waals surface area contributed by atoms with Gasteiger partial charge in [-0.1, -0.05) is 6.07 Å². The monoisotopic (exact) mass is 305 g/mol. The first-order valence-corrected chi connectivity index (χ1v) is 8.94. The van der Waals surface area contributed by atoms with Gasteiger partial charge in [0, 0.05) is 18.7 Å². The maximum Gasteiger partial charge on any atom is 0.184 e. The fraction of sp³-hybridized carbons (Fsp3) is 0.647. The average Bonchev–Trinajstić information content (AvgIpc) is 2.47. The van der Waals surface area contributed by atoms with Gasteiger partial charge in [0.2, 0.25) is 0 Å². The third kappa shape index (κ3) is 3.16. The standard InChI is InChI=1S/C17H23NO2S/c1-12-9-13(2)15(18-11-12)16(19)14-3-6-20-17(10-14)4-7-21-8-5-17/h9,11,14H,3-8,10H2,1-2H3. The highest BCUT2D eigenvalue weighted by atomic mass is 32.2. The maximum absolute atomic E-state index is 12.8. The Hall–Kier alpha value is -0.870. The molecule has 0 saturated carbocycles. The first-order chi connectivity index (χ1) is 10.1. The van der Waals surface area contributed by atoms with Crippen LogP contribution in [0.3, 0.4) is 0 Å². The minimum absolute atomic E-state index is 0.0393. The number of rotatable bonds is 2. The highest BCUT2D eigenvalue weighted by Gasteiger charge is 2.41. The molecule has 0 amide bonds. The van der Waals surface area contributed by atoms with E-state index in [0.717, 1.165) is 48.3 Å². The molecule has 3 heterocycles. The Morgan fingerprint density at radius 1 is 1.38 bits per heavy atom. The molecule has 4 heteroatoms. The second-order valence-electron chi connectivity index (χ2n) is 6.38. The van der Waals surface area contributed by atoms with Gasteiger partial charge in [-0.2, -0.15) is 11.8 Å². The molecule has 0 bridgehead atoms. The molecule has 2 saturated heterocycles. The molecule has 0 N–H and O–H groups in total. The molecule has 114 valence electrons. The summed E-state index contributed by atoms with van der Waals surface area (Å²) < 4.78 is 6.09. The van der Waals surface area contributed by atoms with Gasteiger partial charge >= 0.3 is 0 Å². The molecule has 1 aromatic heterocycles. The number of ketones is 1. The van der Waals surface area contributed by atoms with Crippen LogP contribution in [-0.4, -0.2) is 34.5 Å². The predicted molar refractivity (Wildman–Crippen MR) is 86.0 cm³/mol. The minimum Gasteiger partial charge on any atom is -0.375 e. The van der Waals surface area contributed by atoms with Crippen molar-refractivity contribution in [3.63, 3.8) is 0 Å². The number of hydrogen-bond acceptors (Lipinski definition) is 4. The van der Waals surface area contributed by atoms with Crippen molar-refractivity contribution < 1.29 is 9.53 Å². The Balaban J connectivity index is 1.77. The number of thioether (sulfide) groups is 1. The van der Waals surface area contributed by atoms with Crippen LogP contribution in [0.2, 0.25) is 0 Å². The number of nitrogens with zero attached hydrogens (tertiary/aromatic N) is 1. The van der Waals surface area contributed by atoms with Crippen molar-refractivity contribution in [2.45, 2.75) is 45.1 Å². The number of carbonyl (C=O) groups excluding carboxylic acids is 1. The van der Waals surface area contributed by atoms with Crippen LogP contribution in [-0.2, 0) is 4.74 Å². The average molecular weight is 305 g/mol. The smallest absolute Gasteiger partial charge is 0.184 e. The molecule has 0 aliphatic carbocycles. The van der Waals surface area contributed by atoms with Crippen molar-refractivity contribution in [3.8, 4) is 0 Å². The Morgan fingerprint density at radius 3 is 2.86 bits per heavy atom. The van der Waals surface area contributed by atoms with Crippen molar-refractivity contribution in [2.75, 3.05) is 18.1 Å². The van der Waals surface area contributed by atoms with E-state index >= 15 is 0 Å². The van der Waals surface area contributed by atoms with Crippen molar-refractivity contribution in [1.29, 1.82) is 0 Å². The van der Waals surface area contributed by atoms with E-state index < -0.39 is 0 Å². The first-order valence-electron chi connectivity index (χ1n) is 7.79. The van der Waals surface area contributed by atoms with Crippen LogP contribution in [0.5, 0.6) is 0 Å². The van der Waals surface area contributed by atoms with Crippen LogP contribution in [0, 0.1) is 19.8 Å². The van der Waals surface area contributed by atoms with Crippen LogP contribution in [0.25, 0.3) is 0 Å². The summed E-state index contributed by atoms with van der Waals surface area (Å²) in [7, 11) is 0. The van der Waals surface area contributed by atoms with Gasteiger partial charge in [0.1, 0.15) is 5.69 Å². The van der Waals surface area contributed by atoms with Crippen LogP contribution in [0.15, 0.2) is 12.3 Å². The molecule has 1 aromatic rings. The SMILES string of the molecule is Cc1cnc(C(=O)C2CCOC3(CCSCC3)C2)c(C)c1. The molecule has 1 unspecified atom stereocenters. The quantitative estimate of drug-likeness (QED) is 0.783. The minimum atomic E-state index is -0.0393. The second kappa shape index (κ2) is 6.09. The van der Waals surface area contributed by atoms with Crippen LogP contribution >= 0.6 is 11.8 Å². The lowest BCUT2D eigenvalue weighted by Gasteiger charge is -2.42. The van der Waals surface area contributed by atoms with E-state index in [2.05, 4.69) is 4.98 Å². The fourth-order valence-corrected chi connectivity index (χ4v) is 4.75. The summed E-state index contributed by atoms with van der Waals surface area (Å²) in [6, 6.07) is 2.05. The van der Waals surface area contributed by atoms with Crippen LogP contribution in [0.4, 0.5) is 0 Å². The largest absolute Gasteiger partial charge is 0.375 e. The zero-order valence-corrected chi connectivity index (χ0v) is 13.7. The lowest BCUT2D eigenvalue weighted by atomic mass is 9.79. The summed E-state index contributed by atoms with van der Waals surface area (Å²) in [5, 5.41) is 0. The lowest BCUT2D eigenvalue weighted by Crippen LogP contribution is -2.44. The molecule has 2 aliphatic heterocycles. The van der Waals surface area contributed by atoms with Gasteiger partial charge in [0.05, 0.1) is 5.60 Å². The molecule has 0 aromatic carbocycles. The predicted octanol–water partition coefficient (Wildman–Crippen LogP) is 3.57. The summed E-state index contributed by atoms with van der Waals surface area (Å²) >= 11 is 2.00. The molecular formula is C17H23NO2S. The number of aromatic nitrogens is 1. The van der Waals surface area contributed by atoms with Gasteiger partial charge in [-0.15, -0.1) is 0 Å². The van der Waals surface area contributed by atoms with Crippen molar-refractivity contribution in [1.82, 2.24) is 4.98 Å². The zero-order chi connectivity index (χ0) is 14.9. The van der Waals surface area contributed by atoms with E-state index in [1.54, 1.807) is 6.20 Å². The molecule has 1 spiro atoms. The number of Topliss-reactive ketones (excluding diaryl/α,β-unsaturated/α-hetero) is 1. The summed E-state index contributed by atoms with van der Waals surface area (Å²) in [6.07, 6.45) is 5.68. The fourth-order valence-electron chi connectivity index (χ4n) is 3.51. The third-order valence-electron chi connectivity index (χ3n) is 4.72. The number of ether oxygens (including phenoxy) is 1. The van der Waals surface area contributed by atoms with Crippen molar-refractivity contribution in [3.05, 3.63) is 29.1 Å². The van der Waals surface area contributed by atoms with Gasteiger partial charge < -0.3 is 4.74 Å². The van der Waals surface area contributed by atoms with Gasteiger partial charge in [0.15, 0.2) is 5.78 Å². The highest BCUT2D eigenvalue weighted by molar-refractivity contribution is 7.99. The van der Waals surface area contributed by atoms with E-state index in [-0.39, 0.29) is 17.3 Å². The Bertz CT molecular complexity index is 532. The Kier molecular flexibility index (Phi) is 4.36. The first kappa shape index (κ1) is 15.0. The van der Waals surface area contributed by atoms with Gasteiger partial charge in [-0.3, -0.25) is 9.78 Å². The highest BCUT2D eigenvalue weighted by Crippen LogP contribution is 2.40. The number of aryl methyl sites for hydroxylation is 2. The number of hydrogen-bond donors (Lipinski definition) is 0. The Labute approximate surface area is 130 Å². The lowest BCUT2D eigenvalue weighted by molar-refractivity contribution is -0.0960. The summed E-state index contributed by atoms with van der Waals surface area (Å²) in [4.78, 5) is 17.2. The molecule has 3 rings (SSSR count). The molecule has 1 atom stereocenters. The van der Waals surface area contributed by atoms with Crippen molar-refractivity contribution in [2.24, 2.45) is 5.92 Å². The molecule has 2 fully saturated rings. The third-order valence-corrected chi connectivity index (χ3v) is 5.70. The molecule has 0 radical (unpaired) electrons. The summed E-state index contributed by atoms with van der Waals surface area (Å²) in [5.74, 6) is 2.61. The van der Waals surface area contributed by atoms with Gasteiger partial charge in [0.25, 0.3) is 0 Å². The number of carbonyl (C=O) groups is 1.